The largest absolute Gasteiger partial charge is 0.369 e. The molecule has 4 rings (SSSR count). The lowest BCUT2D eigenvalue weighted by Gasteiger charge is -2.20. The number of hydrogen-bond acceptors (Lipinski definition) is 4. The first-order valence-electron chi connectivity index (χ1n) is 11.4. The van der Waals surface area contributed by atoms with E-state index in [0.717, 1.165) is 80.8 Å². The lowest BCUT2D eigenvalue weighted by molar-refractivity contribution is 0.509. The van der Waals surface area contributed by atoms with Crippen LogP contribution in [-0.2, 0) is 19.5 Å². The Kier molecular flexibility index (Phi) is 9.27. The van der Waals surface area contributed by atoms with Crippen molar-refractivity contribution in [3.63, 3.8) is 0 Å². The molecule has 176 valence electrons. The van der Waals surface area contributed by atoms with Gasteiger partial charge in [0, 0.05) is 62.4 Å². The molecule has 8 nitrogen and oxygen atoms in total. The van der Waals surface area contributed by atoms with Gasteiger partial charge in [0.2, 0.25) is 0 Å². The number of nitrogens with one attached hydrogen (secondary N) is 2. The molecule has 1 atom stereocenters. The van der Waals surface area contributed by atoms with E-state index in [9.17, 15) is 4.79 Å². The van der Waals surface area contributed by atoms with Crippen molar-refractivity contribution in [3.8, 4) is 0 Å². The molecular formula is C22H33ClIN7O. The van der Waals surface area contributed by atoms with Gasteiger partial charge in [0.05, 0.1) is 0 Å². The molecule has 2 aromatic rings. The number of nitrogens with zero attached hydrogens (tertiary/aromatic N) is 5. The predicted octanol–water partition coefficient (Wildman–Crippen LogP) is 2.88. The number of rotatable bonds is 7. The maximum atomic E-state index is 12.4. The van der Waals surface area contributed by atoms with Crippen LogP contribution < -0.4 is 21.2 Å². The number of aryl methyl sites for hydroxylation is 2. The van der Waals surface area contributed by atoms with E-state index in [0.29, 0.717) is 19.1 Å². The summed E-state index contributed by atoms with van der Waals surface area (Å²) in [6, 6.07) is 8.34. The molecular weight excluding hydrogens is 541 g/mol. The zero-order valence-electron chi connectivity index (χ0n) is 18.6. The average Bonchev–Trinajstić information content (AvgIpc) is 3.36. The van der Waals surface area contributed by atoms with Crippen LogP contribution in [0, 0.1) is 0 Å². The van der Waals surface area contributed by atoms with Gasteiger partial charge in [-0.1, -0.05) is 17.7 Å². The Morgan fingerprint density at radius 3 is 2.97 bits per heavy atom. The molecule has 0 radical (unpaired) electrons. The van der Waals surface area contributed by atoms with Gasteiger partial charge >= 0.3 is 5.69 Å². The van der Waals surface area contributed by atoms with Crippen molar-refractivity contribution in [3.05, 3.63) is 45.6 Å². The first-order chi connectivity index (χ1) is 15.1. The van der Waals surface area contributed by atoms with Crippen LogP contribution >= 0.6 is 35.6 Å². The van der Waals surface area contributed by atoms with Crippen molar-refractivity contribution in [2.75, 3.05) is 31.1 Å². The van der Waals surface area contributed by atoms with Gasteiger partial charge in [-0.05, 0) is 50.8 Å². The molecule has 2 aliphatic rings. The Labute approximate surface area is 211 Å². The summed E-state index contributed by atoms with van der Waals surface area (Å²) in [6.07, 6.45) is 4.92. The summed E-state index contributed by atoms with van der Waals surface area (Å²) in [4.78, 5) is 19.5. The molecule has 0 bridgehead atoms. The normalized spacial score (nSPS) is 18.2. The number of guanidine groups is 1. The van der Waals surface area contributed by atoms with Gasteiger partial charge in [-0.2, -0.15) is 5.10 Å². The van der Waals surface area contributed by atoms with E-state index < -0.39 is 0 Å². The quantitative estimate of drug-likeness (QED) is 0.231. The minimum absolute atomic E-state index is 0. The lowest BCUT2D eigenvalue weighted by Crippen LogP contribution is -2.44. The van der Waals surface area contributed by atoms with Crippen LogP contribution in [0.5, 0.6) is 0 Å². The minimum atomic E-state index is 0. The summed E-state index contributed by atoms with van der Waals surface area (Å²) >= 11 is 6.14. The highest BCUT2D eigenvalue weighted by Gasteiger charge is 2.23. The van der Waals surface area contributed by atoms with Gasteiger partial charge in [0.15, 0.2) is 5.96 Å². The van der Waals surface area contributed by atoms with E-state index in [1.165, 1.54) is 0 Å². The molecule has 1 saturated heterocycles. The molecule has 2 N–H and O–H groups in total. The summed E-state index contributed by atoms with van der Waals surface area (Å²) in [7, 11) is 0. The second-order valence-corrected chi connectivity index (χ2v) is 8.64. The molecule has 1 aromatic heterocycles. The molecule has 2 aliphatic heterocycles. The Bertz CT molecular complexity index is 973. The Morgan fingerprint density at radius 1 is 1.31 bits per heavy atom. The number of halogens is 2. The molecule has 0 amide bonds. The van der Waals surface area contributed by atoms with Crippen LogP contribution in [0.25, 0.3) is 0 Å². The zero-order valence-corrected chi connectivity index (χ0v) is 21.7. The van der Waals surface area contributed by atoms with E-state index in [1.54, 1.807) is 4.68 Å². The number of aliphatic imine (C=N–C) groups is 1. The highest BCUT2D eigenvalue weighted by Crippen LogP contribution is 2.23. The van der Waals surface area contributed by atoms with E-state index in [2.05, 4.69) is 33.6 Å². The van der Waals surface area contributed by atoms with Crippen molar-refractivity contribution in [1.29, 1.82) is 0 Å². The fourth-order valence-electron chi connectivity index (χ4n) is 4.30. The highest BCUT2D eigenvalue weighted by molar-refractivity contribution is 14.0. The summed E-state index contributed by atoms with van der Waals surface area (Å²) in [5.74, 6) is 1.76. The lowest BCUT2D eigenvalue weighted by atomic mass is 10.2. The molecule has 1 aromatic carbocycles. The van der Waals surface area contributed by atoms with E-state index in [-0.39, 0.29) is 29.7 Å². The summed E-state index contributed by atoms with van der Waals surface area (Å²) in [6.45, 7) is 6.84. The van der Waals surface area contributed by atoms with Crippen molar-refractivity contribution < 1.29 is 0 Å². The molecule has 0 saturated carbocycles. The predicted molar refractivity (Wildman–Crippen MR) is 141 cm³/mol. The van der Waals surface area contributed by atoms with Gasteiger partial charge in [0.25, 0.3) is 0 Å². The van der Waals surface area contributed by atoms with Gasteiger partial charge in [-0.15, -0.1) is 24.0 Å². The first kappa shape index (κ1) is 24.9. The van der Waals surface area contributed by atoms with Crippen LogP contribution in [0.1, 0.15) is 38.4 Å². The van der Waals surface area contributed by atoms with Crippen LogP contribution in [0.3, 0.4) is 0 Å². The molecule has 3 heterocycles. The number of aromatic nitrogens is 3. The first-order valence-corrected chi connectivity index (χ1v) is 11.7. The number of fused-ring (bicyclic) bond motifs is 1. The van der Waals surface area contributed by atoms with Crippen LogP contribution in [0.15, 0.2) is 34.1 Å². The molecule has 10 heteroatoms. The molecule has 1 unspecified atom stereocenters. The summed E-state index contributed by atoms with van der Waals surface area (Å²) in [5.41, 5.74) is 1.18. The SMILES string of the molecule is CCNC(=NCCCn1nc2n(c1=O)CCCC2)NC1CCN(c2cccc(Cl)c2)C1.I. The van der Waals surface area contributed by atoms with Crippen molar-refractivity contribution in [2.45, 2.75) is 58.2 Å². The van der Waals surface area contributed by atoms with Gasteiger partial charge in [0.1, 0.15) is 5.82 Å². The smallest absolute Gasteiger partial charge is 0.345 e. The average molecular weight is 574 g/mol. The maximum absolute atomic E-state index is 12.4. The van der Waals surface area contributed by atoms with E-state index >= 15 is 0 Å². The van der Waals surface area contributed by atoms with Crippen molar-refractivity contribution >= 4 is 47.2 Å². The van der Waals surface area contributed by atoms with Crippen LogP contribution in [0.2, 0.25) is 5.02 Å². The van der Waals surface area contributed by atoms with Crippen LogP contribution in [-0.4, -0.2) is 52.5 Å². The topological polar surface area (TPSA) is 79.5 Å². The monoisotopic (exact) mass is 573 g/mol. The summed E-state index contributed by atoms with van der Waals surface area (Å²) in [5, 5.41) is 12.2. The molecule has 1 fully saturated rings. The molecule has 0 spiro atoms. The highest BCUT2D eigenvalue weighted by atomic mass is 127. The van der Waals surface area contributed by atoms with Gasteiger partial charge in [-0.25, -0.2) is 9.48 Å². The number of hydrogen-bond donors (Lipinski definition) is 2. The Morgan fingerprint density at radius 2 is 2.19 bits per heavy atom. The number of anilines is 1. The van der Waals surface area contributed by atoms with E-state index in [1.807, 2.05) is 22.8 Å². The second-order valence-electron chi connectivity index (χ2n) is 8.20. The summed E-state index contributed by atoms with van der Waals surface area (Å²) < 4.78 is 3.43. The third-order valence-corrected chi connectivity index (χ3v) is 6.11. The molecule has 0 aliphatic carbocycles. The zero-order chi connectivity index (χ0) is 21.6. The standard InChI is InChI=1S/C22H32ClN7O.HI/c1-2-24-21(26-18-10-14-28(16-18)19-8-5-7-17(23)15-19)25-11-6-13-30-22(31)29-12-4-3-9-20(29)27-30;/h5,7-8,15,18H,2-4,6,9-14,16H2,1H3,(H2,24,25,26);1H. The van der Waals surface area contributed by atoms with Crippen LogP contribution in [0.4, 0.5) is 5.69 Å². The number of benzene rings is 1. The fourth-order valence-corrected chi connectivity index (χ4v) is 4.49. The van der Waals surface area contributed by atoms with Gasteiger partial charge < -0.3 is 15.5 Å². The molecule has 32 heavy (non-hydrogen) atoms. The third-order valence-electron chi connectivity index (χ3n) is 5.88. The third kappa shape index (κ3) is 6.18. The van der Waals surface area contributed by atoms with Gasteiger partial charge in [-0.3, -0.25) is 9.56 Å². The van der Waals surface area contributed by atoms with Crippen molar-refractivity contribution in [1.82, 2.24) is 25.0 Å². The Balaban J connectivity index is 0.00000289. The fraction of sp³-hybridized carbons (Fsp3) is 0.591. The minimum Gasteiger partial charge on any atom is -0.369 e. The maximum Gasteiger partial charge on any atom is 0.345 e. The Hall–Kier alpha value is -1.75. The van der Waals surface area contributed by atoms with E-state index in [4.69, 9.17) is 16.6 Å². The second kappa shape index (κ2) is 11.9. The van der Waals surface area contributed by atoms with Crippen molar-refractivity contribution in [2.24, 2.45) is 4.99 Å².